The molecule has 1 unspecified atom stereocenters. The number of hydrogen-bond acceptors (Lipinski definition) is 5. The van der Waals surface area contributed by atoms with E-state index in [4.69, 9.17) is 5.73 Å². The van der Waals surface area contributed by atoms with Crippen LogP contribution in [-0.4, -0.2) is 22.4 Å². The van der Waals surface area contributed by atoms with Crippen LogP contribution in [-0.2, 0) is 0 Å². The lowest BCUT2D eigenvalue weighted by Crippen LogP contribution is -2.21. The number of thiophene rings is 1. The quantitative estimate of drug-likeness (QED) is 0.771. The monoisotopic (exact) mass is 326 g/mol. The average molecular weight is 326 g/mol. The Labute approximate surface area is 138 Å². The number of fused-ring (bicyclic) bond motifs is 1. The third-order valence-corrected chi connectivity index (χ3v) is 4.74. The number of amides is 1. The Morgan fingerprint density at radius 3 is 2.74 bits per heavy atom. The van der Waals surface area contributed by atoms with Crippen molar-refractivity contribution in [3.8, 4) is 0 Å². The maximum atomic E-state index is 12.1. The number of anilines is 1. The van der Waals surface area contributed by atoms with Crippen molar-refractivity contribution in [3.63, 3.8) is 0 Å². The number of benzene rings is 1. The van der Waals surface area contributed by atoms with E-state index in [9.17, 15) is 4.79 Å². The first-order chi connectivity index (χ1) is 11.1. The summed E-state index contributed by atoms with van der Waals surface area (Å²) in [6.07, 6.45) is 0. The average Bonchev–Trinajstić information content (AvgIpc) is 2.98. The number of rotatable bonds is 4. The van der Waals surface area contributed by atoms with Crippen molar-refractivity contribution in [1.82, 2.24) is 15.3 Å². The molecule has 6 heteroatoms. The molecule has 1 aromatic carbocycles. The molecule has 0 bridgehead atoms. The van der Waals surface area contributed by atoms with Gasteiger partial charge in [-0.3, -0.25) is 4.79 Å². The first-order valence-corrected chi connectivity index (χ1v) is 8.32. The maximum absolute atomic E-state index is 12.1. The van der Waals surface area contributed by atoms with Gasteiger partial charge in [-0.25, -0.2) is 9.97 Å². The van der Waals surface area contributed by atoms with Crippen molar-refractivity contribution in [3.05, 3.63) is 52.5 Å². The first kappa shape index (κ1) is 15.4. The molecule has 2 heterocycles. The van der Waals surface area contributed by atoms with Gasteiger partial charge in [0.05, 0.1) is 10.6 Å². The summed E-state index contributed by atoms with van der Waals surface area (Å²) in [5.41, 5.74) is 7.87. The van der Waals surface area contributed by atoms with Gasteiger partial charge in [0.1, 0.15) is 4.83 Å². The van der Waals surface area contributed by atoms with Gasteiger partial charge in [-0.15, -0.1) is 11.3 Å². The number of nitrogens with two attached hydrogens (primary N) is 1. The molecule has 0 saturated heterocycles. The van der Waals surface area contributed by atoms with Crippen LogP contribution in [0.25, 0.3) is 10.2 Å². The smallest absolute Gasteiger partial charge is 0.261 e. The van der Waals surface area contributed by atoms with E-state index in [1.54, 1.807) is 0 Å². The van der Waals surface area contributed by atoms with Crippen LogP contribution in [0.4, 0.5) is 5.95 Å². The lowest BCUT2D eigenvalue weighted by atomic mass is 9.96. The Morgan fingerprint density at radius 2 is 2.04 bits per heavy atom. The lowest BCUT2D eigenvalue weighted by molar-refractivity contribution is 0.0960. The molecule has 3 aromatic rings. The van der Waals surface area contributed by atoms with Crippen LogP contribution in [0, 0.1) is 0 Å². The Bertz CT molecular complexity index is 844. The zero-order chi connectivity index (χ0) is 16.4. The number of nitrogens with zero attached hydrogens (tertiary/aromatic N) is 2. The second-order valence-electron chi connectivity index (χ2n) is 5.29. The van der Waals surface area contributed by atoms with Gasteiger partial charge in [0.25, 0.3) is 5.91 Å². The molecule has 118 valence electrons. The minimum Gasteiger partial charge on any atom is -0.368 e. The topological polar surface area (TPSA) is 80.9 Å². The van der Waals surface area contributed by atoms with Gasteiger partial charge in [0, 0.05) is 17.8 Å². The van der Waals surface area contributed by atoms with Crippen molar-refractivity contribution in [2.45, 2.75) is 19.8 Å². The lowest BCUT2D eigenvalue weighted by Gasteiger charge is -2.12. The van der Waals surface area contributed by atoms with E-state index in [0.717, 1.165) is 21.5 Å². The van der Waals surface area contributed by atoms with Crippen LogP contribution in [0.2, 0.25) is 0 Å². The maximum Gasteiger partial charge on any atom is 0.261 e. The fourth-order valence-corrected chi connectivity index (χ4v) is 3.51. The molecule has 3 rings (SSSR count). The Hall–Kier alpha value is -2.47. The van der Waals surface area contributed by atoms with E-state index in [2.05, 4.69) is 34.3 Å². The number of nitrogens with one attached hydrogen (secondary N) is 1. The van der Waals surface area contributed by atoms with E-state index < -0.39 is 0 Å². The molecule has 1 atom stereocenters. The Balaban J connectivity index is 2.11. The molecule has 2 aromatic heterocycles. The summed E-state index contributed by atoms with van der Waals surface area (Å²) >= 11 is 1.34. The molecule has 0 radical (unpaired) electrons. The van der Waals surface area contributed by atoms with Crippen molar-refractivity contribution in [2.75, 3.05) is 12.3 Å². The molecule has 3 N–H and O–H groups in total. The van der Waals surface area contributed by atoms with Crippen LogP contribution >= 0.6 is 11.3 Å². The van der Waals surface area contributed by atoms with E-state index >= 15 is 0 Å². The standard InChI is InChI=1S/C17H18N4OS/c1-3-19-15(22)13-9-12-14(20-17(18)21-16(12)23-13)10(2)11-7-5-4-6-8-11/h4-10H,3H2,1-2H3,(H,19,22)(H2,18,20,21). The van der Waals surface area contributed by atoms with Crippen molar-refractivity contribution in [1.29, 1.82) is 0 Å². The molecule has 1 amide bonds. The number of aromatic nitrogens is 2. The largest absolute Gasteiger partial charge is 0.368 e. The second kappa shape index (κ2) is 6.34. The molecular formula is C17H18N4OS. The fourth-order valence-electron chi connectivity index (χ4n) is 2.55. The molecular weight excluding hydrogens is 308 g/mol. The van der Waals surface area contributed by atoms with Crippen molar-refractivity contribution < 1.29 is 4.79 Å². The number of carbonyl (C=O) groups is 1. The van der Waals surface area contributed by atoms with E-state index in [0.29, 0.717) is 11.4 Å². The van der Waals surface area contributed by atoms with Crippen LogP contribution in [0.5, 0.6) is 0 Å². The third kappa shape index (κ3) is 3.03. The van der Waals surface area contributed by atoms with Gasteiger partial charge in [0.15, 0.2) is 0 Å². The van der Waals surface area contributed by atoms with Gasteiger partial charge in [-0.1, -0.05) is 37.3 Å². The summed E-state index contributed by atoms with van der Waals surface area (Å²) in [7, 11) is 0. The summed E-state index contributed by atoms with van der Waals surface area (Å²) in [5.74, 6) is 0.215. The summed E-state index contributed by atoms with van der Waals surface area (Å²) in [6, 6.07) is 12.0. The van der Waals surface area contributed by atoms with Crippen molar-refractivity contribution in [2.24, 2.45) is 0 Å². The molecule has 0 fully saturated rings. The summed E-state index contributed by atoms with van der Waals surface area (Å²) in [5, 5.41) is 3.70. The Morgan fingerprint density at radius 1 is 1.30 bits per heavy atom. The summed E-state index contributed by atoms with van der Waals surface area (Å²) < 4.78 is 0. The molecule has 0 saturated carbocycles. The van der Waals surface area contributed by atoms with E-state index in [1.807, 2.05) is 31.2 Å². The summed E-state index contributed by atoms with van der Waals surface area (Å²) in [4.78, 5) is 22.2. The predicted molar refractivity (Wildman–Crippen MR) is 93.8 cm³/mol. The predicted octanol–water partition coefficient (Wildman–Crippen LogP) is 3.18. The molecule has 0 aliphatic rings. The highest BCUT2D eigenvalue weighted by molar-refractivity contribution is 7.20. The zero-order valence-electron chi connectivity index (χ0n) is 13.0. The third-order valence-electron chi connectivity index (χ3n) is 3.71. The summed E-state index contributed by atoms with van der Waals surface area (Å²) in [6.45, 7) is 4.57. The minimum atomic E-state index is -0.0904. The second-order valence-corrected chi connectivity index (χ2v) is 6.32. The van der Waals surface area contributed by atoms with E-state index in [-0.39, 0.29) is 17.8 Å². The van der Waals surface area contributed by atoms with Gasteiger partial charge < -0.3 is 11.1 Å². The normalized spacial score (nSPS) is 12.3. The van der Waals surface area contributed by atoms with Gasteiger partial charge in [0.2, 0.25) is 5.95 Å². The first-order valence-electron chi connectivity index (χ1n) is 7.50. The number of nitrogen functional groups attached to an aromatic ring is 1. The Kier molecular flexibility index (Phi) is 4.25. The molecule has 0 aliphatic carbocycles. The van der Waals surface area contributed by atoms with E-state index in [1.165, 1.54) is 11.3 Å². The fraction of sp³-hybridized carbons (Fsp3) is 0.235. The van der Waals surface area contributed by atoms with Gasteiger partial charge in [-0.05, 0) is 18.6 Å². The number of carbonyl (C=O) groups excluding carboxylic acids is 1. The molecule has 5 nitrogen and oxygen atoms in total. The molecule has 23 heavy (non-hydrogen) atoms. The highest BCUT2D eigenvalue weighted by atomic mass is 32.1. The molecule has 0 aliphatic heterocycles. The molecule has 0 spiro atoms. The highest BCUT2D eigenvalue weighted by Gasteiger charge is 2.19. The SMILES string of the molecule is CCNC(=O)c1cc2c(C(C)c3ccccc3)nc(N)nc2s1. The number of hydrogen-bond donors (Lipinski definition) is 2. The van der Waals surface area contributed by atoms with Crippen LogP contribution in [0.3, 0.4) is 0 Å². The van der Waals surface area contributed by atoms with Gasteiger partial charge in [-0.2, -0.15) is 0 Å². The highest BCUT2D eigenvalue weighted by Crippen LogP contribution is 2.33. The van der Waals surface area contributed by atoms with Crippen LogP contribution in [0.15, 0.2) is 36.4 Å². The van der Waals surface area contributed by atoms with Crippen LogP contribution < -0.4 is 11.1 Å². The zero-order valence-corrected chi connectivity index (χ0v) is 13.9. The minimum absolute atomic E-state index is 0.0701. The van der Waals surface area contributed by atoms with Crippen LogP contribution in [0.1, 0.15) is 40.7 Å². The van der Waals surface area contributed by atoms with Gasteiger partial charge >= 0.3 is 0 Å². The van der Waals surface area contributed by atoms with Crippen molar-refractivity contribution >= 4 is 33.4 Å².